The Labute approximate surface area is 160 Å². The quantitative estimate of drug-likeness (QED) is 0.878. The first-order chi connectivity index (χ1) is 13.0. The average molecular weight is 366 g/mol. The summed E-state index contributed by atoms with van der Waals surface area (Å²) in [6, 6.07) is 15.7. The molecule has 1 fully saturated rings. The number of hydrogen-bond acceptors (Lipinski definition) is 3. The van der Waals surface area contributed by atoms with Gasteiger partial charge in [0.05, 0.1) is 6.42 Å². The molecule has 1 N–H and O–H groups in total. The van der Waals surface area contributed by atoms with E-state index in [1.807, 2.05) is 54.3 Å². The summed E-state index contributed by atoms with van der Waals surface area (Å²) in [7, 11) is 0. The molecule has 2 aromatic rings. The molecule has 2 amide bonds. The molecule has 5 heteroatoms. The second-order valence-corrected chi connectivity index (χ2v) is 7.00. The molecule has 142 valence electrons. The highest BCUT2D eigenvalue weighted by molar-refractivity contribution is 5.96. The Morgan fingerprint density at radius 1 is 1.11 bits per heavy atom. The number of rotatable bonds is 5. The predicted octanol–water partition coefficient (Wildman–Crippen LogP) is 3.71. The van der Waals surface area contributed by atoms with Gasteiger partial charge in [-0.15, -0.1) is 0 Å². The summed E-state index contributed by atoms with van der Waals surface area (Å²) in [6.45, 7) is 4.85. The predicted molar refractivity (Wildman–Crippen MR) is 107 cm³/mol. The van der Waals surface area contributed by atoms with Crippen LogP contribution in [0.15, 0.2) is 48.5 Å². The lowest BCUT2D eigenvalue weighted by molar-refractivity contribution is -0.119. The van der Waals surface area contributed by atoms with Gasteiger partial charge >= 0.3 is 0 Å². The third-order valence-corrected chi connectivity index (χ3v) is 4.73. The lowest BCUT2D eigenvalue weighted by atomic mass is 10.0. The van der Waals surface area contributed by atoms with E-state index >= 15 is 0 Å². The molecule has 0 bridgehead atoms. The third kappa shape index (κ3) is 5.17. The number of aryl methyl sites for hydroxylation is 1. The Morgan fingerprint density at radius 3 is 2.44 bits per heavy atom. The van der Waals surface area contributed by atoms with Crippen molar-refractivity contribution in [2.24, 2.45) is 0 Å². The molecule has 27 heavy (non-hydrogen) atoms. The van der Waals surface area contributed by atoms with Crippen molar-refractivity contribution in [1.29, 1.82) is 0 Å². The van der Waals surface area contributed by atoms with Gasteiger partial charge in [-0.2, -0.15) is 0 Å². The number of nitrogens with zero attached hydrogens (tertiary/aromatic N) is 1. The van der Waals surface area contributed by atoms with E-state index in [4.69, 9.17) is 4.74 Å². The van der Waals surface area contributed by atoms with Crippen molar-refractivity contribution in [3.05, 3.63) is 59.7 Å². The molecule has 0 spiro atoms. The first-order valence-electron chi connectivity index (χ1n) is 9.36. The van der Waals surface area contributed by atoms with E-state index < -0.39 is 0 Å². The standard InChI is InChI=1S/C22H26N2O3/c1-16-4-3-5-18(14-16)15-22(26)24(21-10-12-27-13-11-21)20-8-6-19(7-9-20)23-17(2)25/h3-9,14,21H,10-13,15H2,1-2H3,(H,23,25). The molecule has 2 aromatic carbocycles. The highest BCUT2D eigenvalue weighted by Crippen LogP contribution is 2.26. The van der Waals surface area contributed by atoms with Crippen LogP contribution in [0.25, 0.3) is 0 Å². The molecule has 5 nitrogen and oxygen atoms in total. The maximum absolute atomic E-state index is 13.2. The smallest absolute Gasteiger partial charge is 0.231 e. The first-order valence-corrected chi connectivity index (χ1v) is 9.36. The summed E-state index contributed by atoms with van der Waals surface area (Å²) in [6.07, 6.45) is 2.02. The van der Waals surface area contributed by atoms with Crippen LogP contribution in [0, 0.1) is 6.92 Å². The summed E-state index contributed by atoms with van der Waals surface area (Å²) < 4.78 is 5.48. The molecule has 1 aliphatic heterocycles. The zero-order valence-corrected chi connectivity index (χ0v) is 15.9. The van der Waals surface area contributed by atoms with Crippen LogP contribution in [-0.4, -0.2) is 31.1 Å². The van der Waals surface area contributed by atoms with Crippen LogP contribution >= 0.6 is 0 Å². The summed E-state index contributed by atoms with van der Waals surface area (Å²) in [4.78, 5) is 26.3. The van der Waals surface area contributed by atoms with Gasteiger partial charge in [-0.1, -0.05) is 29.8 Å². The van der Waals surface area contributed by atoms with Crippen LogP contribution in [0.5, 0.6) is 0 Å². The van der Waals surface area contributed by atoms with Gasteiger partial charge in [-0.25, -0.2) is 0 Å². The SMILES string of the molecule is CC(=O)Nc1ccc(N(C(=O)Cc2cccc(C)c2)C2CCOCC2)cc1. The Bertz CT molecular complexity index is 795. The third-order valence-electron chi connectivity index (χ3n) is 4.73. The van der Waals surface area contributed by atoms with Crippen LogP contribution in [-0.2, 0) is 20.7 Å². The van der Waals surface area contributed by atoms with E-state index in [1.54, 1.807) is 0 Å². The molecule has 0 atom stereocenters. The minimum atomic E-state index is -0.112. The monoisotopic (exact) mass is 366 g/mol. The number of ether oxygens (including phenoxy) is 1. The van der Waals surface area contributed by atoms with Crippen molar-refractivity contribution < 1.29 is 14.3 Å². The fraction of sp³-hybridized carbons (Fsp3) is 0.364. The second kappa shape index (κ2) is 8.82. The zero-order chi connectivity index (χ0) is 19.2. The van der Waals surface area contributed by atoms with Crippen molar-refractivity contribution in [3.8, 4) is 0 Å². The highest BCUT2D eigenvalue weighted by atomic mass is 16.5. The number of amides is 2. The summed E-state index contributed by atoms with van der Waals surface area (Å²) >= 11 is 0. The van der Waals surface area contributed by atoms with Crippen molar-refractivity contribution in [1.82, 2.24) is 0 Å². The fourth-order valence-corrected chi connectivity index (χ4v) is 3.49. The lowest BCUT2D eigenvalue weighted by Gasteiger charge is -2.34. The van der Waals surface area contributed by atoms with E-state index in [1.165, 1.54) is 6.92 Å². The van der Waals surface area contributed by atoms with Crippen molar-refractivity contribution in [3.63, 3.8) is 0 Å². The summed E-state index contributed by atoms with van der Waals surface area (Å²) in [5.74, 6) is -0.0284. The minimum absolute atomic E-state index is 0.0831. The van der Waals surface area contributed by atoms with Crippen LogP contribution in [0.1, 0.15) is 30.9 Å². The van der Waals surface area contributed by atoms with Gasteiger partial charge in [0.15, 0.2) is 0 Å². The topological polar surface area (TPSA) is 58.6 Å². The maximum Gasteiger partial charge on any atom is 0.231 e. The molecule has 0 aliphatic carbocycles. The Morgan fingerprint density at radius 2 is 1.81 bits per heavy atom. The molecule has 0 radical (unpaired) electrons. The van der Waals surface area contributed by atoms with Crippen LogP contribution in [0.3, 0.4) is 0 Å². The number of carbonyl (C=O) groups excluding carboxylic acids is 2. The van der Waals surface area contributed by atoms with E-state index in [-0.39, 0.29) is 17.9 Å². The summed E-state index contributed by atoms with van der Waals surface area (Å²) in [5, 5.41) is 2.76. The zero-order valence-electron chi connectivity index (χ0n) is 15.9. The van der Waals surface area contributed by atoms with E-state index in [0.29, 0.717) is 19.6 Å². The molecule has 1 saturated heterocycles. The Hall–Kier alpha value is -2.66. The molecule has 3 rings (SSSR count). The van der Waals surface area contributed by atoms with Gasteiger partial charge in [0.25, 0.3) is 0 Å². The number of anilines is 2. The average Bonchev–Trinajstić information content (AvgIpc) is 2.64. The van der Waals surface area contributed by atoms with Gasteiger partial charge in [0, 0.05) is 37.6 Å². The van der Waals surface area contributed by atoms with Gasteiger partial charge in [0.1, 0.15) is 0 Å². The number of benzene rings is 2. The van der Waals surface area contributed by atoms with Crippen molar-refractivity contribution in [2.45, 2.75) is 39.2 Å². The van der Waals surface area contributed by atoms with Gasteiger partial charge in [-0.3, -0.25) is 9.59 Å². The van der Waals surface area contributed by atoms with Gasteiger partial charge < -0.3 is 15.0 Å². The van der Waals surface area contributed by atoms with E-state index in [0.717, 1.165) is 35.3 Å². The Kier molecular flexibility index (Phi) is 6.24. The van der Waals surface area contributed by atoms with Crippen molar-refractivity contribution >= 4 is 23.2 Å². The molecule has 0 saturated carbocycles. The molecule has 0 unspecified atom stereocenters. The van der Waals surface area contributed by atoms with Crippen LogP contribution in [0.2, 0.25) is 0 Å². The summed E-state index contributed by atoms with van der Waals surface area (Å²) in [5.41, 5.74) is 3.75. The molecule has 1 aliphatic rings. The number of carbonyl (C=O) groups is 2. The van der Waals surface area contributed by atoms with Crippen molar-refractivity contribution in [2.75, 3.05) is 23.4 Å². The van der Waals surface area contributed by atoms with Gasteiger partial charge in [0.2, 0.25) is 11.8 Å². The highest BCUT2D eigenvalue weighted by Gasteiger charge is 2.27. The maximum atomic E-state index is 13.2. The second-order valence-electron chi connectivity index (χ2n) is 7.00. The van der Waals surface area contributed by atoms with E-state index in [2.05, 4.69) is 11.4 Å². The minimum Gasteiger partial charge on any atom is -0.381 e. The molecule has 1 heterocycles. The lowest BCUT2D eigenvalue weighted by Crippen LogP contribution is -2.44. The van der Waals surface area contributed by atoms with Crippen LogP contribution < -0.4 is 10.2 Å². The van der Waals surface area contributed by atoms with Gasteiger partial charge in [-0.05, 0) is 49.6 Å². The molecular weight excluding hydrogens is 340 g/mol. The van der Waals surface area contributed by atoms with E-state index in [9.17, 15) is 9.59 Å². The normalized spacial score (nSPS) is 14.6. The number of hydrogen-bond donors (Lipinski definition) is 1. The van der Waals surface area contributed by atoms with Crippen LogP contribution in [0.4, 0.5) is 11.4 Å². The molecular formula is C22H26N2O3. The Balaban J connectivity index is 1.83. The fourth-order valence-electron chi connectivity index (χ4n) is 3.49. The number of nitrogens with one attached hydrogen (secondary N) is 1. The molecule has 0 aromatic heterocycles. The largest absolute Gasteiger partial charge is 0.381 e. The first kappa shape index (κ1) is 19.1.